The summed E-state index contributed by atoms with van der Waals surface area (Å²) in [5, 5.41) is 0.0374. The number of thioether (sulfide) groups is 1. The highest BCUT2D eigenvalue weighted by atomic mass is 32.2. The quantitative estimate of drug-likeness (QED) is 0.854. The van der Waals surface area contributed by atoms with Crippen molar-refractivity contribution in [1.29, 1.82) is 0 Å². The zero-order valence-electron chi connectivity index (χ0n) is 14.1. The Hall–Kier alpha value is -1.75. The summed E-state index contributed by atoms with van der Waals surface area (Å²) in [6.07, 6.45) is 1.66. The Labute approximate surface area is 148 Å². The molecular weight excluding hydrogens is 346 g/mol. The maximum absolute atomic E-state index is 11.3. The number of ether oxygens (including phenoxy) is 3. The maximum atomic E-state index is 11.3. The van der Waals surface area contributed by atoms with Crippen LogP contribution in [-0.4, -0.2) is 54.5 Å². The number of hydrogen-bond acceptors (Lipinski definition) is 9. The van der Waals surface area contributed by atoms with Gasteiger partial charge < -0.3 is 19.9 Å². The second-order valence-corrected chi connectivity index (χ2v) is 7.71. The summed E-state index contributed by atoms with van der Waals surface area (Å²) < 4.78 is 20.0. The van der Waals surface area contributed by atoms with Gasteiger partial charge in [-0.05, 0) is 13.8 Å². The van der Waals surface area contributed by atoms with Crippen molar-refractivity contribution in [3.63, 3.8) is 0 Å². The van der Waals surface area contributed by atoms with Gasteiger partial charge in [0.25, 0.3) is 0 Å². The minimum absolute atomic E-state index is 0.0374. The van der Waals surface area contributed by atoms with Crippen molar-refractivity contribution in [2.75, 3.05) is 11.5 Å². The van der Waals surface area contributed by atoms with Crippen LogP contribution in [-0.2, 0) is 19.0 Å². The van der Waals surface area contributed by atoms with Gasteiger partial charge in [0.2, 0.25) is 0 Å². The van der Waals surface area contributed by atoms with E-state index in [1.54, 1.807) is 10.9 Å². The Morgan fingerprint density at radius 1 is 1.32 bits per heavy atom. The van der Waals surface area contributed by atoms with Crippen LogP contribution in [0.1, 0.15) is 27.0 Å². The number of fused-ring (bicyclic) bond motifs is 2. The zero-order valence-corrected chi connectivity index (χ0v) is 14.9. The molecule has 1 unspecified atom stereocenters. The summed E-state index contributed by atoms with van der Waals surface area (Å²) in [6, 6.07) is 0. The molecule has 0 radical (unpaired) electrons. The SMILES string of the molecule is CC(=O)SC[C@H]1OC(n2cnc3c(N)ncnc32)[C@@H]2OC(C)(C)O[C@H]12. The highest BCUT2D eigenvalue weighted by Gasteiger charge is 2.56. The molecule has 2 aliphatic rings. The van der Waals surface area contributed by atoms with E-state index in [2.05, 4.69) is 15.0 Å². The van der Waals surface area contributed by atoms with Gasteiger partial charge in [0.1, 0.15) is 24.1 Å². The van der Waals surface area contributed by atoms with Crippen molar-refractivity contribution in [3.05, 3.63) is 12.7 Å². The van der Waals surface area contributed by atoms with E-state index in [1.807, 2.05) is 13.8 Å². The first-order valence-electron chi connectivity index (χ1n) is 7.93. The minimum atomic E-state index is -0.721. The van der Waals surface area contributed by atoms with E-state index in [1.165, 1.54) is 25.0 Å². The number of carbonyl (C=O) groups excluding carboxylic acids is 1. The Morgan fingerprint density at radius 2 is 2.08 bits per heavy atom. The molecule has 25 heavy (non-hydrogen) atoms. The fraction of sp³-hybridized carbons (Fsp3) is 0.600. The molecule has 2 fully saturated rings. The average Bonchev–Trinajstić information content (AvgIpc) is 3.17. The van der Waals surface area contributed by atoms with Crippen LogP contribution >= 0.6 is 11.8 Å². The third-order valence-electron chi connectivity index (χ3n) is 4.24. The Kier molecular flexibility index (Phi) is 3.95. The first-order chi connectivity index (χ1) is 11.9. The molecular formula is C15H19N5O4S. The molecule has 2 aromatic heterocycles. The normalized spacial score (nSPS) is 30.7. The lowest BCUT2D eigenvalue weighted by Crippen LogP contribution is -2.31. The molecule has 0 bridgehead atoms. The Bertz CT molecular complexity index is 825. The molecule has 134 valence electrons. The second kappa shape index (κ2) is 5.90. The standard InChI is InChI=1S/C15H19N5O4S/c1-7(21)25-4-8-10-11(24-15(2,3)23-10)14(22-8)20-6-19-9-12(16)17-5-18-13(9)20/h5-6,8,10-11,14H,4H2,1-3H3,(H2,16,17,18)/t8-,10-,11-,14?/m1/s1. The van der Waals surface area contributed by atoms with Crippen molar-refractivity contribution in [3.8, 4) is 0 Å². The fourth-order valence-corrected chi connectivity index (χ4v) is 3.94. The molecule has 2 aliphatic heterocycles. The number of imidazole rings is 1. The fourth-order valence-electron chi connectivity index (χ4n) is 3.27. The van der Waals surface area contributed by atoms with Gasteiger partial charge in [0, 0.05) is 12.7 Å². The van der Waals surface area contributed by atoms with E-state index in [0.29, 0.717) is 22.7 Å². The van der Waals surface area contributed by atoms with E-state index >= 15 is 0 Å². The Morgan fingerprint density at radius 3 is 2.84 bits per heavy atom. The number of carbonyl (C=O) groups is 1. The van der Waals surface area contributed by atoms with Crippen molar-refractivity contribution >= 4 is 33.9 Å². The molecule has 4 rings (SSSR count). The zero-order chi connectivity index (χ0) is 17.8. The summed E-state index contributed by atoms with van der Waals surface area (Å²) in [4.78, 5) is 23.8. The van der Waals surface area contributed by atoms with Gasteiger partial charge in [-0.2, -0.15) is 0 Å². The molecule has 2 aromatic rings. The van der Waals surface area contributed by atoms with E-state index in [0.717, 1.165) is 0 Å². The molecule has 0 amide bonds. The molecule has 0 aromatic carbocycles. The molecule has 0 saturated carbocycles. The molecule has 4 heterocycles. The number of aromatic nitrogens is 4. The number of rotatable bonds is 3. The molecule has 0 aliphatic carbocycles. The van der Waals surface area contributed by atoms with E-state index in [-0.39, 0.29) is 23.4 Å². The predicted octanol–water partition coefficient (Wildman–Crippen LogP) is 1.11. The Balaban J connectivity index is 1.68. The van der Waals surface area contributed by atoms with Gasteiger partial charge in [-0.15, -0.1) is 0 Å². The average molecular weight is 365 g/mol. The number of nitrogens with zero attached hydrogens (tertiary/aromatic N) is 4. The number of hydrogen-bond donors (Lipinski definition) is 1. The van der Waals surface area contributed by atoms with Crippen LogP contribution in [0.25, 0.3) is 11.2 Å². The van der Waals surface area contributed by atoms with Crippen molar-refractivity contribution < 1.29 is 19.0 Å². The number of nitrogen functional groups attached to an aromatic ring is 1. The third kappa shape index (κ3) is 2.88. The summed E-state index contributed by atoms with van der Waals surface area (Å²) in [7, 11) is 0. The molecule has 2 saturated heterocycles. The van der Waals surface area contributed by atoms with Crippen LogP contribution in [0.2, 0.25) is 0 Å². The third-order valence-corrected chi connectivity index (χ3v) is 5.14. The summed E-state index contributed by atoms with van der Waals surface area (Å²) in [5.41, 5.74) is 6.95. The second-order valence-electron chi connectivity index (χ2n) is 6.52. The van der Waals surface area contributed by atoms with Gasteiger partial charge in [0.15, 0.2) is 28.6 Å². The largest absolute Gasteiger partial charge is 0.382 e. The van der Waals surface area contributed by atoms with Crippen LogP contribution < -0.4 is 5.73 Å². The van der Waals surface area contributed by atoms with Crippen molar-refractivity contribution in [1.82, 2.24) is 19.5 Å². The van der Waals surface area contributed by atoms with Gasteiger partial charge in [-0.1, -0.05) is 11.8 Å². The van der Waals surface area contributed by atoms with Gasteiger partial charge in [-0.25, -0.2) is 15.0 Å². The number of anilines is 1. The van der Waals surface area contributed by atoms with Crippen LogP contribution in [0.3, 0.4) is 0 Å². The van der Waals surface area contributed by atoms with Crippen molar-refractivity contribution in [2.45, 2.75) is 51.1 Å². The predicted molar refractivity (Wildman–Crippen MR) is 90.6 cm³/mol. The lowest BCUT2D eigenvalue weighted by molar-refractivity contribution is -0.193. The monoisotopic (exact) mass is 365 g/mol. The summed E-state index contributed by atoms with van der Waals surface area (Å²) in [6.45, 7) is 5.26. The minimum Gasteiger partial charge on any atom is -0.382 e. The van der Waals surface area contributed by atoms with Crippen LogP contribution in [0.15, 0.2) is 12.7 Å². The molecule has 2 N–H and O–H groups in total. The van der Waals surface area contributed by atoms with Gasteiger partial charge in [-0.3, -0.25) is 9.36 Å². The summed E-state index contributed by atoms with van der Waals surface area (Å²) >= 11 is 1.21. The van der Waals surface area contributed by atoms with E-state index in [4.69, 9.17) is 19.9 Å². The summed E-state index contributed by atoms with van der Waals surface area (Å²) in [5.74, 6) is 0.0859. The van der Waals surface area contributed by atoms with E-state index in [9.17, 15) is 4.79 Å². The highest BCUT2D eigenvalue weighted by molar-refractivity contribution is 8.13. The lowest BCUT2D eigenvalue weighted by Gasteiger charge is -2.24. The van der Waals surface area contributed by atoms with Crippen molar-refractivity contribution in [2.24, 2.45) is 0 Å². The lowest BCUT2D eigenvalue weighted by atomic mass is 10.1. The van der Waals surface area contributed by atoms with E-state index < -0.39 is 12.0 Å². The smallest absolute Gasteiger partial charge is 0.185 e. The highest BCUT2D eigenvalue weighted by Crippen LogP contribution is 2.44. The van der Waals surface area contributed by atoms with Gasteiger partial charge >= 0.3 is 0 Å². The first-order valence-corrected chi connectivity index (χ1v) is 8.92. The van der Waals surface area contributed by atoms with Crippen LogP contribution in [0.5, 0.6) is 0 Å². The number of nitrogens with two attached hydrogens (primary N) is 1. The molecule has 0 spiro atoms. The van der Waals surface area contributed by atoms with Crippen LogP contribution in [0.4, 0.5) is 5.82 Å². The van der Waals surface area contributed by atoms with Crippen LogP contribution in [0, 0.1) is 0 Å². The molecule has 10 heteroatoms. The maximum Gasteiger partial charge on any atom is 0.185 e. The van der Waals surface area contributed by atoms with Gasteiger partial charge in [0.05, 0.1) is 12.4 Å². The first kappa shape index (κ1) is 16.7. The topological polar surface area (TPSA) is 114 Å². The molecule has 9 nitrogen and oxygen atoms in total. The molecule has 4 atom stereocenters.